The molecule has 0 heterocycles. The molecule has 1 aromatic carbocycles. The van der Waals surface area contributed by atoms with Crippen LogP contribution in [0.2, 0.25) is 0 Å². The molecule has 3 unspecified atom stereocenters. The Kier molecular flexibility index (Phi) is 4.39. The lowest BCUT2D eigenvalue weighted by Gasteiger charge is -2.32. The predicted molar refractivity (Wildman–Crippen MR) is 71.8 cm³/mol. The van der Waals surface area contributed by atoms with Gasteiger partial charge >= 0.3 is 0 Å². The van der Waals surface area contributed by atoms with E-state index < -0.39 is 6.10 Å². The maximum absolute atomic E-state index is 14.0. The van der Waals surface area contributed by atoms with E-state index in [-0.39, 0.29) is 11.7 Å². The minimum Gasteiger partial charge on any atom is -0.388 e. The molecule has 2 rings (SSSR count). The van der Waals surface area contributed by atoms with Gasteiger partial charge in [0, 0.05) is 5.56 Å². The maximum Gasteiger partial charge on any atom is 0.131 e. The average molecular weight is 250 g/mol. The van der Waals surface area contributed by atoms with Crippen molar-refractivity contribution in [3.63, 3.8) is 0 Å². The summed E-state index contributed by atoms with van der Waals surface area (Å²) >= 11 is 0. The second-order valence-corrected chi connectivity index (χ2v) is 5.62. The van der Waals surface area contributed by atoms with Gasteiger partial charge in [-0.25, -0.2) is 4.39 Å². The highest BCUT2D eigenvalue weighted by atomic mass is 19.1. The van der Waals surface area contributed by atoms with Crippen LogP contribution in [0.15, 0.2) is 18.2 Å². The first-order valence-corrected chi connectivity index (χ1v) is 7.06. The molecule has 3 atom stereocenters. The van der Waals surface area contributed by atoms with Gasteiger partial charge in [-0.15, -0.1) is 0 Å². The van der Waals surface area contributed by atoms with Crippen molar-refractivity contribution in [3.05, 3.63) is 35.1 Å². The Bertz CT molecular complexity index is 402. The number of benzene rings is 1. The lowest BCUT2D eigenvalue weighted by atomic mass is 9.76. The smallest absolute Gasteiger partial charge is 0.131 e. The van der Waals surface area contributed by atoms with Crippen LogP contribution in [0.4, 0.5) is 4.39 Å². The summed E-state index contributed by atoms with van der Waals surface area (Å²) in [6, 6.07) is 5.31. The SMILES string of the molecule is CCC1CCCC(C(O)c2cccc(C)c2F)C1. The third kappa shape index (κ3) is 2.74. The summed E-state index contributed by atoms with van der Waals surface area (Å²) in [5, 5.41) is 10.4. The van der Waals surface area contributed by atoms with Crippen LogP contribution in [0.3, 0.4) is 0 Å². The van der Waals surface area contributed by atoms with Gasteiger partial charge in [-0.3, -0.25) is 0 Å². The molecule has 18 heavy (non-hydrogen) atoms. The molecule has 0 aliphatic heterocycles. The molecule has 0 aromatic heterocycles. The van der Waals surface area contributed by atoms with Gasteiger partial charge in [-0.1, -0.05) is 44.4 Å². The van der Waals surface area contributed by atoms with Crippen molar-refractivity contribution >= 4 is 0 Å². The third-order valence-corrected chi connectivity index (χ3v) is 4.39. The molecule has 0 saturated heterocycles. The van der Waals surface area contributed by atoms with Crippen molar-refractivity contribution in [1.29, 1.82) is 0 Å². The Hall–Kier alpha value is -0.890. The van der Waals surface area contributed by atoms with E-state index in [0.717, 1.165) is 19.3 Å². The Labute approximate surface area is 109 Å². The molecule has 1 aliphatic rings. The summed E-state index contributed by atoms with van der Waals surface area (Å²) in [6.45, 7) is 3.95. The lowest BCUT2D eigenvalue weighted by Crippen LogP contribution is -2.22. The molecule has 1 N–H and O–H groups in total. The second kappa shape index (κ2) is 5.83. The molecule has 1 fully saturated rings. The molecule has 0 amide bonds. The van der Waals surface area contributed by atoms with Crippen LogP contribution in [0, 0.1) is 24.6 Å². The zero-order valence-corrected chi connectivity index (χ0v) is 11.3. The van der Waals surface area contributed by atoms with E-state index >= 15 is 0 Å². The van der Waals surface area contributed by atoms with Crippen LogP contribution in [0.25, 0.3) is 0 Å². The van der Waals surface area contributed by atoms with E-state index in [0.29, 0.717) is 17.0 Å². The first-order valence-electron chi connectivity index (χ1n) is 7.06. The number of hydrogen-bond acceptors (Lipinski definition) is 1. The Morgan fingerprint density at radius 3 is 2.89 bits per heavy atom. The molecule has 100 valence electrons. The monoisotopic (exact) mass is 250 g/mol. The fraction of sp³-hybridized carbons (Fsp3) is 0.625. The van der Waals surface area contributed by atoms with E-state index in [1.54, 1.807) is 19.1 Å². The normalized spacial score (nSPS) is 26.0. The molecule has 1 saturated carbocycles. The minimum absolute atomic E-state index is 0.222. The van der Waals surface area contributed by atoms with Crippen LogP contribution < -0.4 is 0 Å². The Morgan fingerprint density at radius 2 is 2.17 bits per heavy atom. The summed E-state index contributed by atoms with van der Waals surface area (Å²) in [5.74, 6) is 0.690. The number of halogens is 1. The topological polar surface area (TPSA) is 20.2 Å². The van der Waals surface area contributed by atoms with Gasteiger partial charge in [0.1, 0.15) is 5.82 Å². The van der Waals surface area contributed by atoms with Crippen molar-refractivity contribution < 1.29 is 9.50 Å². The lowest BCUT2D eigenvalue weighted by molar-refractivity contribution is 0.0649. The standard InChI is InChI=1S/C16H23FO/c1-3-12-7-5-8-13(10-12)16(18)14-9-4-6-11(2)15(14)17/h4,6,9,12-13,16,18H,3,5,7-8,10H2,1-2H3. The molecular formula is C16H23FO. The fourth-order valence-electron chi connectivity index (χ4n) is 3.14. The zero-order chi connectivity index (χ0) is 13.1. The first kappa shape index (κ1) is 13.5. The van der Waals surface area contributed by atoms with Gasteiger partial charge < -0.3 is 5.11 Å². The van der Waals surface area contributed by atoms with E-state index in [1.165, 1.54) is 12.8 Å². The largest absolute Gasteiger partial charge is 0.388 e. The summed E-state index contributed by atoms with van der Waals surface area (Å²) < 4.78 is 14.0. The highest BCUT2D eigenvalue weighted by molar-refractivity contribution is 5.27. The summed E-state index contributed by atoms with van der Waals surface area (Å²) in [7, 11) is 0. The van der Waals surface area contributed by atoms with Crippen LogP contribution in [-0.4, -0.2) is 5.11 Å². The molecular weight excluding hydrogens is 227 g/mol. The van der Waals surface area contributed by atoms with E-state index in [2.05, 4.69) is 6.92 Å². The highest BCUT2D eigenvalue weighted by Crippen LogP contribution is 2.39. The number of aliphatic hydroxyl groups excluding tert-OH is 1. The fourth-order valence-corrected chi connectivity index (χ4v) is 3.14. The van der Waals surface area contributed by atoms with Gasteiger partial charge in [-0.05, 0) is 37.2 Å². The Balaban J connectivity index is 2.15. The van der Waals surface area contributed by atoms with Crippen molar-refractivity contribution in [2.24, 2.45) is 11.8 Å². The average Bonchev–Trinajstić information content (AvgIpc) is 2.41. The first-order chi connectivity index (χ1) is 8.63. The summed E-state index contributed by atoms with van der Waals surface area (Å²) in [5.41, 5.74) is 1.10. The number of hydrogen-bond donors (Lipinski definition) is 1. The summed E-state index contributed by atoms with van der Waals surface area (Å²) in [6.07, 6.45) is 5.00. The molecule has 0 spiro atoms. The van der Waals surface area contributed by atoms with Crippen LogP contribution in [-0.2, 0) is 0 Å². The van der Waals surface area contributed by atoms with Gasteiger partial charge in [0.15, 0.2) is 0 Å². The minimum atomic E-state index is -0.640. The van der Waals surface area contributed by atoms with Crippen molar-refractivity contribution in [3.8, 4) is 0 Å². The van der Waals surface area contributed by atoms with Crippen LogP contribution in [0.1, 0.15) is 56.3 Å². The van der Waals surface area contributed by atoms with Crippen molar-refractivity contribution in [2.75, 3.05) is 0 Å². The molecule has 1 aliphatic carbocycles. The number of aryl methyl sites for hydroxylation is 1. The molecule has 0 radical (unpaired) electrons. The van der Waals surface area contributed by atoms with E-state index in [1.807, 2.05) is 6.07 Å². The zero-order valence-electron chi connectivity index (χ0n) is 11.3. The molecule has 2 heteroatoms. The van der Waals surface area contributed by atoms with Crippen molar-refractivity contribution in [1.82, 2.24) is 0 Å². The highest BCUT2D eigenvalue weighted by Gasteiger charge is 2.29. The number of rotatable bonds is 3. The van der Waals surface area contributed by atoms with Gasteiger partial charge in [0.2, 0.25) is 0 Å². The van der Waals surface area contributed by atoms with Crippen LogP contribution in [0.5, 0.6) is 0 Å². The molecule has 1 aromatic rings. The van der Waals surface area contributed by atoms with Gasteiger partial charge in [0.05, 0.1) is 6.10 Å². The summed E-state index contributed by atoms with van der Waals surface area (Å²) in [4.78, 5) is 0. The number of aliphatic hydroxyl groups is 1. The second-order valence-electron chi connectivity index (χ2n) is 5.62. The molecule has 0 bridgehead atoms. The maximum atomic E-state index is 14.0. The quantitative estimate of drug-likeness (QED) is 0.843. The van der Waals surface area contributed by atoms with Crippen LogP contribution >= 0.6 is 0 Å². The third-order valence-electron chi connectivity index (χ3n) is 4.39. The van der Waals surface area contributed by atoms with E-state index in [4.69, 9.17) is 0 Å². The van der Waals surface area contributed by atoms with Gasteiger partial charge in [0.25, 0.3) is 0 Å². The Morgan fingerprint density at radius 1 is 1.39 bits per heavy atom. The molecule has 1 nitrogen and oxygen atoms in total. The van der Waals surface area contributed by atoms with Gasteiger partial charge in [-0.2, -0.15) is 0 Å². The van der Waals surface area contributed by atoms with E-state index in [9.17, 15) is 9.50 Å². The predicted octanol–water partition coefficient (Wildman–Crippen LogP) is 4.38. The van der Waals surface area contributed by atoms with Crippen molar-refractivity contribution in [2.45, 2.75) is 52.1 Å².